The van der Waals surface area contributed by atoms with Crippen LogP contribution >= 0.6 is 24.8 Å². The summed E-state index contributed by atoms with van der Waals surface area (Å²) in [6.07, 6.45) is 11.9. The summed E-state index contributed by atoms with van der Waals surface area (Å²) in [4.78, 5) is 31.9. The number of carbonyl (C=O) groups is 1. The van der Waals surface area contributed by atoms with E-state index in [-0.39, 0.29) is 36.8 Å². The second kappa shape index (κ2) is 14.5. The van der Waals surface area contributed by atoms with E-state index in [0.717, 1.165) is 55.5 Å². The summed E-state index contributed by atoms with van der Waals surface area (Å²) < 4.78 is 7.39. The van der Waals surface area contributed by atoms with Gasteiger partial charge in [0.1, 0.15) is 0 Å². The highest BCUT2D eigenvalue weighted by Gasteiger charge is 2.27. The largest absolute Gasteiger partial charge is 0.527 e. The first kappa shape index (κ1) is 31.4. The molecule has 220 valence electrons. The second-order valence-electron chi connectivity index (χ2n) is 11.3. The molecule has 0 radical (unpaired) electrons. The number of nitrogens with zero attached hydrogens (tertiary/aromatic N) is 5. The van der Waals surface area contributed by atoms with Crippen LogP contribution in [0.3, 0.4) is 0 Å². The third-order valence-corrected chi connectivity index (χ3v) is 7.78. The topological polar surface area (TPSA) is 132 Å². The normalized spacial score (nSPS) is 22.8. The van der Waals surface area contributed by atoms with Gasteiger partial charge in [-0.1, -0.05) is 26.7 Å². The molecule has 0 unspecified atom stereocenters. The van der Waals surface area contributed by atoms with E-state index in [1.165, 1.54) is 25.7 Å². The Bertz CT molecular complexity index is 1050. The Hall–Kier alpha value is -2.08. The van der Waals surface area contributed by atoms with Gasteiger partial charge in [-0.2, -0.15) is 9.97 Å². The fraction of sp³-hybridized carbons (Fsp3) is 0.769. The lowest BCUT2D eigenvalue weighted by Crippen LogP contribution is -2.40. The number of rotatable bonds is 8. The smallest absolute Gasteiger partial charge is 0.433 e. The number of anilines is 2. The predicted molar refractivity (Wildman–Crippen MR) is 157 cm³/mol. The molecule has 2 aromatic rings. The molecule has 13 heteroatoms. The van der Waals surface area contributed by atoms with Crippen LogP contribution in [-0.2, 0) is 9.57 Å². The second-order valence-corrected chi connectivity index (χ2v) is 11.3. The van der Waals surface area contributed by atoms with Gasteiger partial charge >= 0.3 is 6.16 Å². The fourth-order valence-corrected chi connectivity index (χ4v) is 5.63. The van der Waals surface area contributed by atoms with Gasteiger partial charge in [0.05, 0.1) is 12.9 Å². The molecule has 3 fully saturated rings. The number of aromatic nitrogens is 4. The minimum Gasteiger partial charge on any atom is -0.433 e. The van der Waals surface area contributed by atoms with Gasteiger partial charge in [0, 0.05) is 37.3 Å². The van der Waals surface area contributed by atoms with E-state index >= 15 is 0 Å². The predicted octanol–water partition coefficient (Wildman–Crippen LogP) is 5.07. The minimum atomic E-state index is -0.630. The van der Waals surface area contributed by atoms with Crippen molar-refractivity contribution >= 4 is 53.9 Å². The molecule has 0 aromatic carbocycles. The molecule has 0 atom stereocenters. The van der Waals surface area contributed by atoms with Crippen molar-refractivity contribution in [3.05, 3.63) is 6.33 Å². The van der Waals surface area contributed by atoms with E-state index in [9.17, 15) is 4.79 Å². The molecule has 2 saturated carbocycles. The van der Waals surface area contributed by atoms with Crippen molar-refractivity contribution < 1.29 is 14.4 Å². The van der Waals surface area contributed by atoms with Gasteiger partial charge in [-0.05, 0) is 57.3 Å². The first-order valence-corrected chi connectivity index (χ1v) is 14.1. The van der Waals surface area contributed by atoms with Gasteiger partial charge in [0.2, 0.25) is 5.95 Å². The summed E-state index contributed by atoms with van der Waals surface area (Å²) in [6, 6.07) is 1.28. The average Bonchev–Trinajstić information content (AvgIpc) is 3.56. The Morgan fingerprint density at radius 1 is 1.00 bits per heavy atom. The molecular weight excluding hydrogens is 543 g/mol. The van der Waals surface area contributed by atoms with Gasteiger partial charge in [-0.15, -0.1) is 29.9 Å². The van der Waals surface area contributed by atoms with Crippen LogP contribution in [0.2, 0.25) is 0 Å². The molecule has 11 nitrogen and oxygen atoms in total. The maximum atomic E-state index is 11.9. The van der Waals surface area contributed by atoms with Crippen LogP contribution in [0, 0.1) is 5.92 Å². The summed E-state index contributed by atoms with van der Waals surface area (Å²) in [7, 11) is 0. The van der Waals surface area contributed by atoms with Crippen LogP contribution < -0.4 is 16.4 Å². The summed E-state index contributed by atoms with van der Waals surface area (Å²) in [5.41, 5.74) is 7.83. The van der Waals surface area contributed by atoms with Crippen molar-refractivity contribution in [2.24, 2.45) is 11.7 Å². The molecule has 3 aliphatic rings. The number of ether oxygens (including phenoxy) is 1. The molecule has 2 aromatic heterocycles. The molecule has 39 heavy (non-hydrogen) atoms. The number of nitrogens with one attached hydrogen (secondary N) is 2. The van der Waals surface area contributed by atoms with Crippen molar-refractivity contribution in [1.82, 2.24) is 24.6 Å². The fourth-order valence-electron chi connectivity index (χ4n) is 5.63. The van der Waals surface area contributed by atoms with Crippen molar-refractivity contribution in [3.63, 3.8) is 0 Å². The monoisotopic (exact) mass is 586 g/mol. The van der Waals surface area contributed by atoms with Gasteiger partial charge in [-0.25, -0.2) is 9.78 Å². The van der Waals surface area contributed by atoms with Gasteiger partial charge in [0.25, 0.3) is 0 Å². The number of carbonyl (C=O) groups excluding carboxylic acids is 1. The highest BCUT2D eigenvalue weighted by Crippen LogP contribution is 2.34. The standard InChI is InChI=1S/C26H42N8O3.2ClH/c1-17(2)15-36-26(35)37-33-13-11-20(12-14-33)29-23-22-24(34(16-28-22)21-5-3-4-6-21)32-25(31-23)30-19-9-7-18(27)8-10-19;;/h16-21H,3-15,27H2,1-2H3,(H2,29,30,31,32);2*1H. The van der Waals surface area contributed by atoms with Crippen molar-refractivity contribution in [3.8, 4) is 0 Å². The maximum absolute atomic E-state index is 11.9. The van der Waals surface area contributed by atoms with Crippen molar-refractivity contribution in [1.29, 1.82) is 0 Å². The lowest BCUT2D eigenvalue weighted by Gasteiger charge is -2.31. The first-order chi connectivity index (χ1) is 17.9. The van der Waals surface area contributed by atoms with Gasteiger partial charge in [-0.3, -0.25) is 0 Å². The van der Waals surface area contributed by atoms with E-state index in [1.54, 1.807) is 5.06 Å². The van der Waals surface area contributed by atoms with Crippen molar-refractivity contribution in [2.45, 2.75) is 102 Å². The first-order valence-electron chi connectivity index (χ1n) is 14.1. The number of fused-ring (bicyclic) bond motifs is 1. The Balaban J connectivity index is 0.00000210. The number of imidazole rings is 1. The zero-order valence-electron chi connectivity index (χ0n) is 23.0. The third kappa shape index (κ3) is 8.22. The summed E-state index contributed by atoms with van der Waals surface area (Å²) in [5, 5.41) is 8.92. The maximum Gasteiger partial charge on any atom is 0.527 e. The van der Waals surface area contributed by atoms with Crippen LogP contribution in [0.25, 0.3) is 11.2 Å². The SMILES string of the molecule is CC(C)COC(=O)ON1CCC(Nc2nc(NC3CCC(N)CC3)nc3c2ncn3C2CCCC2)CC1.Cl.Cl. The van der Waals surface area contributed by atoms with Crippen molar-refractivity contribution in [2.75, 3.05) is 30.3 Å². The summed E-state index contributed by atoms with van der Waals surface area (Å²) >= 11 is 0. The number of hydrogen-bond donors (Lipinski definition) is 3. The molecule has 0 amide bonds. The lowest BCUT2D eigenvalue weighted by molar-refractivity contribution is -0.139. The molecule has 1 saturated heterocycles. The number of piperidine rings is 1. The number of hydroxylamine groups is 2. The molecule has 3 heterocycles. The van der Waals surface area contributed by atoms with E-state index in [1.807, 2.05) is 20.2 Å². The highest BCUT2D eigenvalue weighted by atomic mass is 35.5. The van der Waals surface area contributed by atoms with Crippen LogP contribution in [0.5, 0.6) is 0 Å². The molecular formula is C26H44Cl2N8O3. The molecule has 1 aliphatic heterocycles. The van der Waals surface area contributed by atoms with Gasteiger partial charge < -0.3 is 30.5 Å². The molecule has 5 rings (SSSR count). The number of hydrogen-bond acceptors (Lipinski definition) is 10. The van der Waals surface area contributed by atoms with Crippen LogP contribution in [-0.4, -0.2) is 68.6 Å². The Kier molecular flexibility index (Phi) is 11.7. The molecule has 0 bridgehead atoms. The zero-order chi connectivity index (χ0) is 25.8. The molecule has 2 aliphatic carbocycles. The zero-order valence-corrected chi connectivity index (χ0v) is 24.6. The average molecular weight is 588 g/mol. The highest BCUT2D eigenvalue weighted by molar-refractivity contribution is 5.86. The Morgan fingerprint density at radius 2 is 1.67 bits per heavy atom. The third-order valence-electron chi connectivity index (χ3n) is 7.78. The van der Waals surface area contributed by atoms with E-state index in [4.69, 9.17) is 30.3 Å². The Morgan fingerprint density at radius 3 is 2.33 bits per heavy atom. The Labute approximate surface area is 243 Å². The summed E-state index contributed by atoms with van der Waals surface area (Å²) in [5.74, 6) is 1.70. The van der Waals surface area contributed by atoms with Crippen LogP contribution in [0.15, 0.2) is 6.33 Å². The quantitative estimate of drug-likeness (QED) is 0.360. The van der Waals surface area contributed by atoms with Crippen LogP contribution in [0.1, 0.15) is 84.1 Å². The van der Waals surface area contributed by atoms with E-state index < -0.39 is 6.16 Å². The number of nitrogens with two attached hydrogens (primary N) is 1. The van der Waals surface area contributed by atoms with E-state index in [0.29, 0.717) is 43.8 Å². The summed E-state index contributed by atoms with van der Waals surface area (Å²) in [6.45, 7) is 5.62. The van der Waals surface area contributed by atoms with Crippen LogP contribution in [0.4, 0.5) is 16.6 Å². The number of halogens is 2. The molecule has 4 N–H and O–H groups in total. The lowest BCUT2D eigenvalue weighted by atomic mass is 9.92. The minimum absolute atomic E-state index is 0. The molecule has 0 spiro atoms. The van der Waals surface area contributed by atoms with E-state index in [2.05, 4.69) is 15.2 Å². The van der Waals surface area contributed by atoms with Gasteiger partial charge in [0.15, 0.2) is 17.0 Å².